The first-order valence-electron chi connectivity index (χ1n) is 9.75. The van der Waals surface area contributed by atoms with E-state index in [-0.39, 0.29) is 57.0 Å². The van der Waals surface area contributed by atoms with Crippen molar-refractivity contribution in [2.24, 2.45) is 29.6 Å². The van der Waals surface area contributed by atoms with Gasteiger partial charge in [-0.3, -0.25) is 19.3 Å². The third-order valence-corrected chi connectivity index (χ3v) is 9.73. The van der Waals surface area contributed by atoms with E-state index in [0.717, 1.165) is 12.0 Å². The maximum Gasteiger partial charge on any atom is 0.247 e. The molecule has 3 fully saturated rings. The van der Waals surface area contributed by atoms with Crippen molar-refractivity contribution in [3.05, 3.63) is 29.8 Å². The van der Waals surface area contributed by atoms with Gasteiger partial charge in [-0.15, -0.1) is 0 Å². The van der Waals surface area contributed by atoms with E-state index in [2.05, 4.69) is 37.2 Å². The van der Waals surface area contributed by atoms with Gasteiger partial charge in [0.05, 0.1) is 11.8 Å². The Labute approximate surface area is 181 Å². The number of anilines is 1. The summed E-state index contributed by atoms with van der Waals surface area (Å²) < 4.78 is 0. The van der Waals surface area contributed by atoms with E-state index >= 15 is 0 Å². The summed E-state index contributed by atoms with van der Waals surface area (Å²) in [5, 5.41) is 2.89. The highest BCUT2D eigenvalue weighted by Gasteiger charge is 2.67. The third kappa shape index (κ3) is 2.96. The number of hydrogen-bond donors (Lipinski definition) is 1. The zero-order valence-corrected chi connectivity index (χ0v) is 19.2. The van der Waals surface area contributed by atoms with Crippen LogP contribution in [0.1, 0.15) is 25.8 Å². The zero-order valence-electron chi connectivity index (χ0n) is 16.1. The van der Waals surface area contributed by atoms with E-state index in [9.17, 15) is 14.4 Å². The Bertz CT molecular complexity index is 793. The van der Waals surface area contributed by atoms with Crippen LogP contribution in [0.5, 0.6) is 0 Å². The summed E-state index contributed by atoms with van der Waals surface area (Å²) in [4.78, 5) is 41.3. The number of alkyl halides is 2. The molecule has 1 aromatic carbocycles. The lowest BCUT2D eigenvalue weighted by Crippen LogP contribution is -2.51. The van der Waals surface area contributed by atoms with Crippen molar-refractivity contribution in [2.75, 3.05) is 5.32 Å². The van der Waals surface area contributed by atoms with Gasteiger partial charge in [0.15, 0.2) is 0 Å². The number of halogens is 2. The zero-order chi connectivity index (χ0) is 20.3. The van der Waals surface area contributed by atoms with Gasteiger partial charge in [-0.2, -0.15) is 0 Å². The largest absolute Gasteiger partial charge is 0.324 e. The van der Waals surface area contributed by atoms with Gasteiger partial charge in [0, 0.05) is 15.3 Å². The van der Waals surface area contributed by atoms with Crippen LogP contribution in [-0.2, 0) is 14.4 Å². The van der Waals surface area contributed by atoms with Gasteiger partial charge < -0.3 is 5.32 Å². The number of rotatable bonds is 4. The molecule has 2 aliphatic carbocycles. The van der Waals surface area contributed by atoms with Crippen LogP contribution >= 0.6 is 31.9 Å². The Kier molecular flexibility index (Phi) is 5.19. The van der Waals surface area contributed by atoms with E-state index in [1.807, 2.05) is 45.0 Å². The van der Waals surface area contributed by atoms with Crippen LogP contribution in [0.3, 0.4) is 0 Å². The summed E-state index contributed by atoms with van der Waals surface area (Å²) in [6.45, 7) is 5.73. The number of amides is 3. The van der Waals surface area contributed by atoms with E-state index < -0.39 is 6.04 Å². The molecule has 3 amide bonds. The number of imide groups is 1. The Morgan fingerprint density at radius 2 is 1.54 bits per heavy atom. The molecular formula is C21H24Br2N2O3. The fourth-order valence-corrected chi connectivity index (χ4v) is 7.09. The predicted octanol–water partition coefficient (Wildman–Crippen LogP) is 3.74. The monoisotopic (exact) mass is 510 g/mol. The van der Waals surface area contributed by atoms with Crippen molar-refractivity contribution >= 4 is 55.3 Å². The molecule has 1 aliphatic heterocycles. The first-order valence-corrected chi connectivity index (χ1v) is 11.6. The minimum Gasteiger partial charge on any atom is -0.324 e. The number of carbonyl (C=O) groups excluding carboxylic acids is 3. The van der Waals surface area contributed by atoms with E-state index in [0.29, 0.717) is 5.69 Å². The molecule has 1 aromatic rings. The lowest BCUT2D eigenvalue weighted by Gasteiger charge is -2.29. The number of carbonyl (C=O) groups is 3. The molecule has 3 aliphatic rings. The molecule has 2 bridgehead atoms. The molecule has 0 spiro atoms. The number of benzene rings is 1. The second kappa shape index (κ2) is 7.24. The molecule has 0 unspecified atom stereocenters. The highest BCUT2D eigenvalue weighted by molar-refractivity contribution is 9.12. The molecule has 28 heavy (non-hydrogen) atoms. The smallest absolute Gasteiger partial charge is 0.247 e. The molecular weight excluding hydrogens is 488 g/mol. The lowest BCUT2D eigenvalue weighted by molar-refractivity contribution is -0.148. The Balaban J connectivity index is 1.60. The maximum absolute atomic E-state index is 13.3. The summed E-state index contributed by atoms with van der Waals surface area (Å²) >= 11 is 7.40. The van der Waals surface area contributed by atoms with Gasteiger partial charge in [0.2, 0.25) is 17.7 Å². The van der Waals surface area contributed by atoms with E-state index in [1.165, 1.54) is 4.90 Å². The normalized spacial score (nSPS) is 34.9. The summed E-state index contributed by atoms with van der Waals surface area (Å²) in [6, 6.07) is 6.70. The molecule has 150 valence electrons. The quantitative estimate of drug-likeness (QED) is 0.494. The second-order valence-corrected chi connectivity index (χ2v) is 10.7. The number of nitrogens with one attached hydrogen (secondary N) is 1. The third-order valence-electron chi connectivity index (χ3n) is 6.52. The number of fused-ring (bicyclic) bond motifs is 5. The Morgan fingerprint density at radius 3 is 2.00 bits per heavy atom. The fourth-order valence-electron chi connectivity index (χ4n) is 5.22. The average Bonchev–Trinajstić information content (AvgIpc) is 3.24. The highest BCUT2D eigenvalue weighted by Crippen LogP contribution is 2.60. The van der Waals surface area contributed by atoms with Crippen LogP contribution in [0.25, 0.3) is 0 Å². The topological polar surface area (TPSA) is 66.5 Å². The van der Waals surface area contributed by atoms with Crippen LogP contribution in [0.2, 0.25) is 0 Å². The van der Waals surface area contributed by atoms with Crippen molar-refractivity contribution in [3.8, 4) is 0 Å². The molecule has 0 aromatic heterocycles. The van der Waals surface area contributed by atoms with Gasteiger partial charge >= 0.3 is 0 Å². The summed E-state index contributed by atoms with van der Waals surface area (Å²) in [5.74, 6) is -1.14. The van der Waals surface area contributed by atoms with E-state index in [4.69, 9.17) is 0 Å². The van der Waals surface area contributed by atoms with Crippen molar-refractivity contribution in [2.45, 2.75) is 42.9 Å². The average molecular weight is 512 g/mol. The first kappa shape index (κ1) is 20.1. The van der Waals surface area contributed by atoms with Gasteiger partial charge in [0.25, 0.3) is 0 Å². The molecule has 1 N–H and O–H groups in total. The highest BCUT2D eigenvalue weighted by atomic mass is 79.9. The van der Waals surface area contributed by atoms with Crippen molar-refractivity contribution in [1.29, 1.82) is 0 Å². The molecule has 2 saturated carbocycles. The molecule has 1 saturated heterocycles. The number of hydrogen-bond acceptors (Lipinski definition) is 3. The SMILES string of the molecule is Cc1ccc(NC(=O)[C@H](C(C)C)N2C(=O)[C@@H]3[C@H]4C[C@@H]([C@H](Br)[C@@H]4Br)[C@@H]3C2=O)cc1. The van der Waals surface area contributed by atoms with Crippen LogP contribution in [0, 0.1) is 36.5 Å². The number of nitrogens with zero attached hydrogens (tertiary/aromatic N) is 1. The van der Waals surface area contributed by atoms with E-state index in [1.54, 1.807) is 0 Å². The maximum atomic E-state index is 13.3. The van der Waals surface area contributed by atoms with Crippen LogP contribution in [0.15, 0.2) is 24.3 Å². The minimum absolute atomic E-state index is 0.147. The molecule has 0 radical (unpaired) electrons. The Morgan fingerprint density at radius 1 is 1.04 bits per heavy atom. The van der Waals surface area contributed by atoms with Crippen LogP contribution in [-0.4, -0.2) is 38.3 Å². The molecule has 7 heteroatoms. The molecule has 5 nitrogen and oxygen atoms in total. The second-order valence-electron chi connectivity index (χ2n) is 8.59. The van der Waals surface area contributed by atoms with Gasteiger partial charge in [-0.1, -0.05) is 63.4 Å². The first-order chi connectivity index (χ1) is 13.2. The molecule has 4 rings (SSSR count). The molecule has 1 heterocycles. The van der Waals surface area contributed by atoms with Crippen molar-refractivity contribution < 1.29 is 14.4 Å². The van der Waals surface area contributed by atoms with Crippen LogP contribution in [0.4, 0.5) is 5.69 Å². The number of aryl methyl sites for hydroxylation is 1. The fraction of sp³-hybridized carbons (Fsp3) is 0.571. The van der Waals surface area contributed by atoms with Gasteiger partial charge in [-0.25, -0.2) is 0 Å². The lowest BCUT2D eigenvalue weighted by atomic mass is 9.81. The predicted molar refractivity (Wildman–Crippen MR) is 114 cm³/mol. The van der Waals surface area contributed by atoms with Gasteiger partial charge in [0.1, 0.15) is 6.04 Å². The van der Waals surface area contributed by atoms with Gasteiger partial charge in [-0.05, 0) is 43.2 Å². The molecule has 7 atom stereocenters. The standard InChI is InChI=1S/C21H24Br2N2O3/c1-9(2)18(19(26)24-11-6-4-10(3)5-7-11)25-20(27)14-12-8-13(15(14)21(25)28)17(23)16(12)22/h4-7,9,12-18H,8H2,1-3H3,(H,24,26)/t12-,13-,14-,15+,16-,17+,18+/m1/s1. The van der Waals surface area contributed by atoms with Crippen molar-refractivity contribution in [1.82, 2.24) is 4.90 Å². The summed E-state index contributed by atoms with van der Waals surface area (Å²) in [6.07, 6.45) is 0.883. The van der Waals surface area contributed by atoms with Crippen LogP contribution < -0.4 is 5.32 Å². The summed E-state index contributed by atoms with van der Waals surface area (Å²) in [5.41, 5.74) is 1.77. The minimum atomic E-state index is -0.797. The Hall–Kier alpha value is -1.21. The number of likely N-dealkylation sites (tertiary alicyclic amines) is 1. The summed E-state index contributed by atoms with van der Waals surface area (Å²) in [7, 11) is 0. The van der Waals surface area contributed by atoms with Crippen molar-refractivity contribution in [3.63, 3.8) is 0 Å².